The minimum atomic E-state index is -0.231. The molecule has 3 nitrogen and oxygen atoms in total. The number of hydrogen-bond donors (Lipinski definition) is 2. The molecule has 1 unspecified atom stereocenters. The number of halogens is 1. The fourth-order valence-corrected chi connectivity index (χ4v) is 2.59. The molecule has 0 radical (unpaired) electrons. The van der Waals surface area contributed by atoms with Gasteiger partial charge in [-0.25, -0.2) is 0 Å². The van der Waals surface area contributed by atoms with Gasteiger partial charge in [-0.1, -0.05) is 35.9 Å². The fraction of sp³-hybridized carbons (Fsp3) is 0.188. The van der Waals surface area contributed by atoms with E-state index in [1.807, 2.05) is 49.4 Å². The van der Waals surface area contributed by atoms with Crippen LogP contribution in [0.15, 0.2) is 42.5 Å². The van der Waals surface area contributed by atoms with Gasteiger partial charge in [-0.05, 0) is 36.2 Å². The molecule has 0 aliphatic carbocycles. The van der Waals surface area contributed by atoms with Crippen molar-refractivity contribution in [2.24, 2.45) is 0 Å². The first kappa shape index (κ1) is 13.0. The van der Waals surface area contributed by atoms with E-state index >= 15 is 0 Å². The lowest BCUT2D eigenvalue weighted by molar-refractivity contribution is -0.116. The zero-order valence-electron chi connectivity index (χ0n) is 11.1. The molecule has 0 spiro atoms. The largest absolute Gasteiger partial charge is 0.373 e. The summed E-state index contributed by atoms with van der Waals surface area (Å²) in [5.41, 5.74) is 3.87. The standard InChI is InChI=1S/C16H15ClN2O/c1-10-12(17)6-4-8-13(10)19-16(20)15-9-11-5-2-3-7-14(11)18-15/h2-8,15,18H,9H2,1H3,(H,19,20). The number of amides is 1. The lowest BCUT2D eigenvalue weighted by atomic mass is 10.1. The van der Waals surface area contributed by atoms with Crippen LogP contribution in [0.4, 0.5) is 11.4 Å². The zero-order chi connectivity index (χ0) is 14.1. The highest BCUT2D eigenvalue weighted by molar-refractivity contribution is 6.31. The Hall–Kier alpha value is -2.00. The van der Waals surface area contributed by atoms with Crippen LogP contribution in [0, 0.1) is 6.92 Å². The molecule has 3 rings (SSSR count). The molecule has 0 aromatic heterocycles. The van der Waals surface area contributed by atoms with E-state index in [0.717, 1.165) is 16.9 Å². The Bertz CT molecular complexity index is 644. The third kappa shape index (κ3) is 2.37. The van der Waals surface area contributed by atoms with Gasteiger partial charge in [0.2, 0.25) is 5.91 Å². The number of nitrogens with one attached hydrogen (secondary N) is 2. The van der Waals surface area contributed by atoms with Gasteiger partial charge in [0.05, 0.1) is 0 Å². The van der Waals surface area contributed by atoms with Crippen molar-refractivity contribution in [2.45, 2.75) is 19.4 Å². The van der Waals surface area contributed by atoms with Gasteiger partial charge in [0.1, 0.15) is 6.04 Å². The summed E-state index contributed by atoms with van der Waals surface area (Å²) in [7, 11) is 0. The summed E-state index contributed by atoms with van der Waals surface area (Å²) in [6.07, 6.45) is 0.710. The van der Waals surface area contributed by atoms with Crippen molar-refractivity contribution < 1.29 is 4.79 Å². The van der Waals surface area contributed by atoms with Crippen molar-refractivity contribution in [2.75, 3.05) is 10.6 Å². The van der Waals surface area contributed by atoms with Gasteiger partial charge in [0, 0.05) is 22.8 Å². The average Bonchev–Trinajstić information content (AvgIpc) is 2.88. The van der Waals surface area contributed by atoms with E-state index in [1.165, 1.54) is 5.56 Å². The van der Waals surface area contributed by atoms with Gasteiger partial charge in [-0.15, -0.1) is 0 Å². The number of rotatable bonds is 2. The Kier molecular flexibility index (Phi) is 3.36. The Balaban J connectivity index is 1.74. The quantitative estimate of drug-likeness (QED) is 0.885. The molecule has 1 aliphatic rings. The maximum Gasteiger partial charge on any atom is 0.247 e. The van der Waals surface area contributed by atoms with Crippen molar-refractivity contribution >= 4 is 28.9 Å². The third-order valence-corrected chi connectivity index (χ3v) is 4.02. The number of fused-ring (bicyclic) bond motifs is 1. The van der Waals surface area contributed by atoms with Crippen LogP contribution in [0.2, 0.25) is 5.02 Å². The number of carbonyl (C=O) groups is 1. The topological polar surface area (TPSA) is 41.1 Å². The molecule has 0 bridgehead atoms. The van der Waals surface area contributed by atoms with Gasteiger partial charge in [-0.2, -0.15) is 0 Å². The van der Waals surface area contributed by atoms with Crippen LogP contribution in [-0.2, 0) is 11.2 Å². The molecule has 0 saturated heterocycles. The lowest BCUT2D eigenvalue weighted by Crippen LogP contribution is -2.33. The second-order valence-corrected chi connectivity index (χ2v) is 5.37. The molecule has 1 atom stereocenters. The zero-order valence-corrected chi connectivity index (χ0v) is 11.9. The molecular weight excluding hydrogens is 272 g/mol. The maximum atomic E-state index is 12.3. The summed E-state index contributed by atoms with van der Waals surface area (Å²) in [6.45, 7) is 1.90. The van der Waals surface area contributed by atoms with Crippen LogP contribution < -0.4 is 10.6 Å². The molecule has 0 fully saturated rings. The van der Waals surface area contributed by atoms with E-state index in [4.69, 9.17) is 11.6 Å². The summed E-state index contributed by atoms with van der Waals surface area (Å²) in [5, 5.41) is 6.84. The molecule has 0 saturated carbocycles. The van der Waals surface area contributed by atoms with Gasteiger partial charge >= 0.3 is 0 Å². The van der Waals surface area contributed by atoms with Gasteiger partial charge in [-0.3, -0.25) is 4.79 Å². The second-order valence-electron chi connectivity index (χ2n) is 4.96. The predicted octanol–water partition coefficient (Wildman–Crippen LogP) is 3.62. The van der Waals surface area contributed by atoms with E-state index in [-0.39, 0.29) is 11.9 Å². The highest BCUT2D eigenvalue weighted by Crippen LogP contribution is 2.27. The van der Waals surface area contributed by atoms with E-state index in [0.29, 0.717) is 11.4 Å². The van der Waals surface area contributed by atoms with Gasteiger partial charge in [0.15, 0.2) is 0 Å². The molecule has 1 aliphatic heterocycles. The summed E-state index contributed by atoms with van der Waals surface area (Å²) in [4.78, 5) is 12.3. The second kappa shape index (κ2) is 5.17. The predicted molar refractivity (Wildman–Crippen MR) is 82.4 cm³/mol. The van der Waals surface area contributed by atoms with E-state index < -0.39 is 0 Å². The van der Waals surface area contributed by atoms with Crippen LogP contribution in [0.25, 0.3) is 0 Å². The molecule has 2 aromatic rings. The van der Waals surface area contributed by atoms with Crippen molar-refractivity contribution in [1.29, 1.82) is 0 Å². The Morgan fingerprint density at radius 1 is 1.25 bits per heavy atom. The molecule has 2 aromatic carbocycles. The first-order valence-electron chi connectivity index (χ1n) is 6.55. The van der Waals surface area contributed by atoms with Crippen molar-refractivity contribution in [1.82, 2.24) is 0 Å². The number of hydrogen-bond acceptors (Lipinski definition) is 2. The Labute approximate surface area is 123 Å². The number of benzene rings is 2. The number of carbonyl (C=O) groups excluding carboxylic acids is 1. The lowest BCUT2D eigenvalue weighted by Gasteiger charge is -2.14. The van der Waals surface area contributed by atoms with Crippen molar-refractivity contribution in [3.8, 4) is 0 Å². The smallest absolute Gasteiger partial charge is 0.247 e. The summed E-state index contributed by atoms with van der Waals surface area (Å²) in [5.74, 6) is -0.0356. The summed E-state index contributed by atoms with van der Waals surface area (Å²) < 4.78 is 0. The highest BCUT2D eigenvalue weighted by atomic mass is 35.5. The van der Waals surface area contributed by atoms with Crippen molar-refractivity contribution in [3.63, 3.8) is 0 Å². The molecule has 102 valence electrons. The van der Waals surface area contributed by atoms with Crippen LogP contribution in [0.5, 0.6) is 0 Å². The molecule has 2 N–H and O–H groups in total. The molecule has 20 heavy (non-hydrogen) atoms. The normalized spacial score (nSPS) is 16.4. The van der Waals surface area contributed by atoms with E-state index in [9.17, 15) is 4.79 Å². The Morgan fingerprint density at radius 2 is 2.05 bits per heavy atom. The minimum Gasteiger partial charge on any atom is -0.373 e. The number of anilines is 2. The van der Waals surface area contributed by atoms with E-state index in [2.05, 4.69) is 10.6 Å². The number of para-hydroxylation sites is 1. The first-order valence-corrected chi connectivity index (χ1v) is 6.93. The van der Waals surface area contributed by atoms with Crippen molar-refractivity contribution in [3.05, 3.63) is 58.6 Å². The third-order valence-electron chi connectivity index (χ3n) is 3.61. The van der Waals surface area contributed by atoms with Gasteiger partial charge in [0.25, 0.3) is 0 Å². The summed E-state index contributed by atoms with van der Waals surface area (Å²) in [6, 6.07) is 13.3. The van der Waals surface area contributed by atoms with Crippen LogP contribution in [0.1, 0.15) is 11.1 Å². The van der Waals surface area contributed by atoms with Crippen LogP contribution in [-0.4, -0.2) is 11.9 Å². The maximum absolute atomic E-state index is 12.3. The van der Waals surface area contributed by atoms with Crippen LogP contribution >= 0.6 is 11.6 Å². The monoisotopic (exact) mass is 286 g/mol. The molecule has 4 heteroatoms. The molecular formula is C16H15ClN2O. The Morgan fingerprint density at radius 3 is 2.85 bits per heavy atom. The molecule has 1 heterocycles. The fourth-order valence-electron chi connectivity index (χ4n) is 2.42. The van der Waals surface area contributed by atoms with E-state index in [1.54, 1.807) is 0 Å². The first-order chi connectivity index (χ1) is 9.65. The average molecular weight is 287 g/mol. The van der Waals surface area contributed by atoms with Gasteiger partial charge < -0.3 is 10.6 Å². The summed E-state index contributed by atoms with van der Waals surface area (Å²) >= 11 is 6.06. The van der Waals surface area contributed by atoms with Crippen LogP contribution in [0.3, 0.4) is 0 Å². The minimum absolute atomic E-state index is 0.0356. The SMILES string of the molecule is Cc1c(Cl)cccc1NC(=O)C1Cc2ccccc2N1. The highest BCUT2D eigenvalue weighted by Gasteiger charge is 2.26. The molecule has 1 amide bonds.